The normalized spacial score (nSPS) is 17.7. The summed E-state index contributed by atoms with van der Waals surface area (Å²) >= 11 is 3.48. The van der Waals surface area contributed by atoms with Gasteiger partial charge in [-0.05, 0) is 29.8 Å². The summed E-state index contributed by atoms with van der Waals surface area (Å²) in [6.07, 6.45) is 1.55. The van der Waals surface area contributed by atoms with Crippen LogP contribution < -0.4 is 5.32 Å². The van der Waals surface area contributed by atoms with Crippen LogP contribution in [0.15, 0.2) is 10.9 Å². The molecule has 0 unspecified atom stereocenters. The monoisotopic (exact) mass is 400 g/mol. The average molecular weight is 401 g/mol. The second-order valence-corrected chi connectivity index (χ2v) is 8.78. The second-order valence-electron chi connectivity index (χ2n) is 6.34. The maximum atomic E-state index is 11.5. The molecule has 2 aromatic rings. The molecule has 9 heteroatoms. The lowest BCUT2D eigenvalue weighted by Crippen LogP contribution is -2.53. The number of hydrogen-bond acceptors (Lipinski definition) is 6. The summed E-state index contributed by atoms with van der Waals surface area (Å²) in [5.41, 5.74) is 0.747. The van der Waals surface area contributed by atoms with E-state index in [1.165, 1.54) is 0 Å². The third kappa shape index (κ3) is 3.41. The fourth-order valence-corrected chi connectivity index (χ4v) is 4.48. The lowest BCUT2D eigenvalue weighted by molar-refractivity contribution is 0.145. The standard InChI is InChI=1S/C14H21BrN6OS/c1-14(2,21-4-6-23(22)7-5-21)8-16-12-10-11(15)19-20(3)13(10)18-9-17-12/h9H,4-8H2,1-3H3,(H,16,17,18). The van der Waals surface area contributed by atoms with E-state index < -0.39 is 10.8 Å². The van der Waals surface area contributed by atoms with Gasteiger partial charge in [-0.1, -0.05) is 0 Å². The van der Waals surface area contributed by atoms with Crippen molar-refractivity contribution in [3.05, 3.63) is 10.9 Å². The summed E-state index contributed by atoms with van der Waals surface area (Å²) in [7, 11) is 1.21. The number of anilines is 1. The van der Waals surface area contributed by atoms with Crippen LogP contribution in [-0.4, -0.2) is 65.5 Å². The van der Waals surface area contributed by atoms with E-state index in [0.717, 1.165) is 52.6 Å². The van der Waals surface area contributed by atoms with E-state index in [-0.39, 0.29) is 5.54 Å². The van der Waals surface area contributed by atoms with Crippen LogP contribution in [-0.2, 0) is 17.8 Å². The molecule has 0 aromatic carbocycles. The number of rotatable bonds is 4. The molecular formula is C14H21BrN6OS. The van der Waals surface area contributed by atoms with Crippen molar-refractivity contribution in [1.82, 2.24) is 24.6 Å². The van der Waals surface area contributed by atoms with E-state index in [1.807, 2.05) is 7.05 Å². The lowest BCUT2D eigenvalue weighted by atomic mass is 10.0. The number of halogens is 1. The highest BCUT2D eigenvalue weighted by molar-refractivity contribution is 9.10. The van der Waals surface area contributed by atoms with Gasteiger partial charge in [0.1, 0.15) is 16.7 Å². The van der Waals surface area contributed by atoms with E-state index in [2.05, 4.69) is 55.1 Å². The summed E-state index contributed by atoms with van der Waals surface area (Å²) in [6, 6.07) is 0. The van der Waals surface area contributed by atoms with E-state index >= 15 is 0 Å². The highest BCUT2D eigenvalue weighted by Crippen LogP contribution is 2.27. The first-order valence-corrected chi connectivity index (χ1v) is 9.84. The molecule has 0 spiro atoms. The minimum Gasteiger partial charge on any atom is -0.367 e. The molecule has 23 heavy (non-hydrogen) atoms. The average Bonchev–Trinajstić information content (AvgIpc) is 2.81. The number of aryl methyl sites for hydroxylation is 1. The van der Waals surface area contributed by atoms with Gasteiger partial charge < -0.3 is 5.32 Å². The Morgan fingerprint density at radius 3 is 2.74 bits per heavy atom. The Hall–Kier alpha value is -1.06. The Labute approximate surface area is 146 Å². The van der Waals surface area contributed by atoms with Crippen LogP contribution >= 0.6 is 15.9 Å². The third-order valence-electron chi connectivity index (χ3n) is 4.30. The van der Waals surface area contributed by atoms with Crippen molar-refractivity contribution in [1.29, 1.82) is 0 Å². The Bertz CT molecular complexity index is 736. The molecule has 3 heterocycles. The van der Waals surface area contributed by atoms with Crippen molar-refractivity contribution in [2.24, 2.45) is 7.05 Å². The summed E-state index contributed by atoms with van der Waals surface area (Å²) < 4.78 is 14.0. The van der Waals surface area contributed by atoms with Gasteiger partial charge in [-0.3, -0.25) is 9.11 Å². The van der Waals surface area contributed by atoms with Gasteiger partial charge in [0.05, 0.1) is 5.39 Å². The van der Waals surface area contributed by atoms with Gasteiger partial charge in [0, 0.05) is 54.5 Å². The molecular weight excluding hydrogens is 380 g/mol. The molecule has 2 aromatic heterocycles. The Balaban J connectivity index is 1.76. The van der Waals surface area contributed by atoms with Crippen LogP contribution in [0, 0.1) is 0 Å². The quantitative estimate of drug-likeness (QED) is 0.835. The highest BCUT2D eigenvalue weighted by atomic mass is 79.9. The molecule has 1 saturated heterocycles. The smallest absolute Gasteiger partial charge is 0.164 e. The van der Waals surface area contributed by atoms with E-state index in [9.17, 15) is 4.21 Å². The molecule has 0 saturated carbocycles. The molecule has 0 atom stereocenters. The predicted octanol–water partition coefficient (Wildman–Crippen LogP) is 1.38. The minimum atomic E-state index is -0.654. The first kappa shape index (κ1) is 16.8. The van der Waals surface area contributed by atoms with E-state index in [1.54, 1.807) is 11.0 Å². The van der Waals surface area contributed by atoms with Gasteiger partial charge in [0.15, 0.2) is 5.65 Å². The molecule has 3 rings (SSSR count). The van der Waals surface area contributed by atoms with Gasteiger partial charge in [0.25, 0.3) is 0 Å². The van der Waals surface area contributed by atoms with Crippen LogP contribution in [0.3, 0.4) is 0 Å². The fraction of sp³-hybridized carbons (Fsp3) is 0.643. The first-order chi connectivity index (χ1) is 10.9. The summed E-state index contributed by atoms with van der Waals surface area (Å²) in [5, 5.41) is 8.67. The van der Waals surface area contributed by atoms with E-state index in [0.29, 0.717) is 0 Å². The fourth-order valence-electron chi connectivity index (χ4n) is 2.83. The Morgan fingerprint density at radius 2 is 2.04 bits per heavy atom. The Morgan fingerprint density at radius 1 is 1.35 bits per heavy atom. The predicted molar refractivity (Wildman–Crippen MR) is 96.0 cm³/mol. The number of nitrogens with one attached hydrogen (secondary N) is 1. The van der Waals surface area contributed by atoms with Crippen molar-refractivity contribution in [3.63, 3.8) is 0 Å². The van der Waals surface area contributed by atoms with Crippen molar-refractivity contribution in [2.75, 3.05) is 36.5 Å². The molecule has 126 valence electrons. The number of nitrogens with zero attached hydrogens (tertiary/aromatic N) is 5. The highest BCUT2D eigenvalue weighted by Gasteiger charge is 2.30. The van der Waals surface area contributed by atoms with Gasteiger partial charge in [-0.25, -0.2) is 14.6 Å². The third-order valence-corrected chi connectivity index (χ3v) is 6.13. The topological polar surface area (TPSA) is 75.9 Å². The zero-order valence-electron chi connectivity index (χ0n) is 13.5. The molecule has 1 N–H and O–H groups in total. The molecule has 0 radical (unpaired) electrons. The summed E-state index contributed by atoms with van der Waals surface area (Å²) in [6.45, 7) is 6.89. The molecule has 1 aliphatic heterocycles. The first-order valence-electron chi connectivity index (χ1n) is 7.55. The Kier molecular flexibility index (Phi) is 4.70. The van der Waals surface area contributed by atoms with Gasteiger partial charge >= 0.3 is 0 Å². The zero-order chi connectivity index (χ0) is 16.6. The van der Waals surface area contributed by atoms with Crippen molar-refractivity contribution in [3.8, 4) is 0 Å². The minimum absolute atomic E-state index is 0.0451. The molecule has 7 nitrogen and oxygen atoms in total. The number of hydrogen-bond donors (Lipinski definition) is 1. The summed E-state index contributed by atoms with van der Waals surface area (Å²) in [5.74, 6) is 2.30. The second kappa shape index (κ2) is 6.45. The van der Waals surface area contributed by atoms with E-state index in [4.69, 9.17) is 0 Å². The number of fused-ring (bicyclic) bond motifs is 1. The molecule has 1 aliphatic rings. The lowest BCUT2D eigenvalue weighted by Gasteiger charge is -2.40. The van der Waals surface area contributed by atoms with Crippen molar-refractivity contribution in [2.45, 2.75) is 19.4 Å². The summed E-state index contributed by atoms with van der Waals surface area (Å²) in [4.78, 5) is 11.0. The van der Waals surface area contributed by atoms with Crippen molar-refractivity contribution >= 4 is 43.6 Å². The van der Waals surface area contributed by atoms with Gasteiger partial charge in [-0.2, -0.15) is 5.10 Å². The molecule has 0 aliphatic carbocycles. The zero-order valence-corrected chi connectivity index (χ0v) is 15.9. The molecule has 1 fully saturated rings. The van der Waals surface area contributed by atoms with Gasteiger partial charge in [0.2, 0.25) is 0 Å². The van der Waals surface area contributed by atoms with Gasteiger partial charge in [-0.15, -0.1) is 0 Å². The number of aromatic nitrogens is 4. The maximum absolute atomic E-state index is 11.5. The maximum Gasteiger partial charge on any atom is 0.164 e. The molecule has 0 bridgehead atoms. The van der Waals surface area contributed by atoms with Crippen LogP contribution in [0.25, 0.3) is 11.0 Å². The van der Waals surface area contributed by atoms with Crippen LogP contribution in [0.5, 0.6) is 0 Å². The van der Waals surface area contributed by atoms with Crippen molar-refractivity contribution < 1.29 is 4.21 Å². The largest absolute Gasteiger partial charge is 0.367 e. The van der Waals surface area contributed by atoms with Crippen LogP contribution in [0.1, 0.15) is 13.8 Å². The van der Waals surface area contributed by atoms with Crippen LogP contribution in [0.2, 0.25) is 0 Å². The SMILES string of the molecule is Cn1nc(Br)c2c(NCC(C)(C)N3CCS(=O)CC3)ncnc21. The van der Waals surface area contributed by atoms with Crippen LogP contribution in [0.4, 0.5) is 5.82 Å². The molecule has 0 amide bonds.